The second-order valence-corrected chi connectivity index (χ2v) is 15.9. The van der Waals surface area contributed by atoms with Crippen LogP contribution in [0.5, 0.6) is 5.75 Å². The van der Waals surface area contributed by atoms with Gasteiger partial charge in [-0.15, -0.1) is 12.3 Å². The zero-order chi connectivity index (χ0) is 38.7. The molecule has 3 aromatic rings. The fourth-order valence-electron chi connectivity index (χ4n) is 8.35. The molecule has 5 atom stereocenters. The van der Waals surface area contributed by atoms with Crippen molar-refractivity contribution in [2.24, 2.45) is 5.41 Å². The second kappa shape index (κ2) is 16.5. The van der Waals surface area contributed by atoms with Crippen molar-refractivity contribution in [2.75, 3.05) is 19.1 Å². The van der Waals surface area contributed by atoms with Crippen LogP contribution < -0.4 is 15.0 Å². The summed E-state index contributed by atoms with van der Waals surface area (Å²) in [5.41, 5.74) is -1.32. The molecule has 0 saturated carbocycles. The number of hydrogen-bond acceptors (Lipinski definition) is 5. The number of nitriles is 1. The summed E-state index contributed by atoms with van der Waals surface area (Å²) < 4.78 is 38.7. The van der Waals surface area contributed by atoms with E-state index in [-0.39, 0.29) is 27.1 Å². The first-order chi connectivity index (χ1) is 25.2. The SMILES string of the molecule is C#CCCCCCCCC1N(c2ccc(C(=O)NC)cc2OC)C(=O)[C@H]2[C@H](c3cccc(Cl)c3F)[C@@](C#N)(c3ccc(Cl)cc3F)[C@H](CC(C)(C)C)N12. The molecule has 11 heteroatoms. The molecule has 2 fully saturated rings. The Morgan fingerprint density at radius 2 is 1.77 bits per heavy atom. The van der Waals surface area contributed by atoms with Gasteiger partial charge in [-0.25, -0.2) is 8.78 Å². The zero-order valence-electron chi connectivity index (χ0n) is 30.8. The van der Waals surface area contributed by atoms with Crippen molar-refractivity contribution in [3.63, 3.8) is 0 Å². The van der Waals surface area contributed by atoms with E-state index in [1.165, 1.54) is 38.4 Å². The molecule has 7 nitrogen and oxygen atoms in total. The summed E-state index contributed by atoms with van der Waals surface area (Å²) in [6.45, 7) is 6.07. The number of anilines is 1. The van der Waals surface area contributed by atoms with Crippen molar-refractivity contribution in [3.05, 3.63) is 93.0 Å². The van der Waals surface area contributed by atoms with Crippen LogP contribution in [0.3, 0.4) is 0 Å². The van der Waals surface area contributed by atoms with Gasteiger partial charge in [0.2, 0.25) is 5.91 Å². The van der Waals surface area contributed by atoms with Crippen LogP contribution in [0.1, 0.15) is 99.5 Å². The Morgan fingerprint density at radius 1 is 1.06 bits per heavy atom. The number of fused-ring (bicyclic) bond motifs is 1. The van der Waals surface area contributed by atoms with Crippen molar-refractivity contribution >= 4 is 40.7 Å². The van der Waals surface area contributed by atoms with E-state index in [1.807, 2.05) is 25.7 Å². The third-order valence-electron chi connectivity index (χ3n) is 10.5. The fourth-order valence-corrected chi connectivity index (χ4v) is 8.69. The van der Waals surface area contributed by atoms with E-state index in [2.05, 4.69) is 17.3 Å². The summed E-state index contributed by atoms with van der Waals surface area (Å²) in [7, 11) is 3.00. The summed E-state index contributed by atoms with van der Waals surface area (Å²) >= 11 is 12.7. The standard InChI is InChI=1S/C42H46Cl2F2N4O3/c1-7-8-9-10-11-12-13-17-35-49(32-21-18-26(39(51)48-5)22-33(32)53-6)40(52)38-36(28-15-14-16-30(44)37(28)46)42(25-47,29-20-19-27(43)23-31(29)45)34(50(35)38)24-41(2,3)4/h1,14-16,18-23,34-36,38H,8-13,17,24H2,2-6H3,(H,48,51)/t34-,35?,36-,38+,42-/m0/s1. The average molecular weight is 764 g/mol. The van der Waals surface area contributed by atoms with Gasteiger partial charge >= 0.3 is 0 Å². The largest absolute Gasteiger partial charge is 0.495 e. The number of nitrogens with one attached hydrogen (secondary N) is 1. The molecule has 280 valence electrons. The Kier molecular flexibility index (Phi) is 12.4. The third-order valence-corrected chi connectivity index (χ3v) is 11.1. The molecule has 3 aromatic carbocycles. The zero-order valence-corrected chi connectivity index (χ0v) is 32.3. The van der Waals surface area contributed by atoms with Crippen LogP contribution >= 0.6 is 23.2 Å². The van der Waals surface area contributed by atoms with Crippen LogP contribution in [0.2, 0.25) is 10.0 Å². The number of halogens is 4. The van der Waals surface area contributed by atoms with Crippen molar-refractivity contribution in [3.8, 4) is 24.2 Å². The molecule has 1 unspecified atom stereocenters. The highest BCUT2D eigenvalue weighted by atomic mass is 35.5. The number of benzene rings is 3. The number of terminal acetylenes is 1. The van der Waals surface area contributed by atoms with Crippen LogP contribution in [0.15, 0.2) is 54.6 Å². The molecule has 0 spiro atoms. The minimum atomic E-state index is -1.75. The molecule has 0 aromatic heterocycles. The van der Waals surface area contributed by atoms with Gasteiger partial charge in [-0.2, -0.15) is 5.26 Å². The van der Waals surface area contributed by atoms with Gasteiger partial charge in [-0.1, -0.05) is 87.9 Å². The molecule has 2 heterocycles. The maximum Gasteiger partial charge on any atom is 0.251 e. The van der Waals surface area contributed by atoms with Gasteiger partial charge in [0, 0.05) is 41.6 Å². The highest BCUT2D eigenvalue weighted by Crippen LogP contribution is 2.60. The number of amides is 2. The Balaban J connectivity index is 1.78. The molecular formula is C42H46Cl2F2N4O3. The Morgan fingerprint density at radius 3 is 2.42 bits per heavy atom. The van der Waals surface area contributed by atoms with E-state index in [1.54, 1.807) is 29.2 Å². The van der Waals surface area contributed by atoms with E-state index in [0.717, 1.165) is 38.2 Å². The molecule has 2 aliphatic heterocycles. The predicted octanol–water partition coefficient (Wildman–Crippen LogP) is 9.41. The average Bonchev–Trinajstić information content (AvgIpc) is 3.55. The van der Waals surface area contributed by atoms with Crippen molar-refractivity contribution in [1.82, 2.24) is 10.2 Å². The molecule has 5 rings (SSSR count). The molecule has 1 N–H and O–H groups in total. The lowest BCUT2D eigenvalue weighted by atomic mass is 9.62. The van der Waals surface area contributed by atoms with Crippen molar-refractivity contribution < 1.29 is 23.1 Å². The van der Waals surface area contributed by atoms with Gasteiger partial charge in [0.1, 0.15) is 28.8 Å². The van der Waals surface area contributed by atoms with Crippen LogP contribution in [0.4, 0.5) is 14.5 Å². The lowest BCUT2D eigenvalue weighted by Gasteiger charge is -2.42. The normalized spacial score (nSPS) is 22.7. The molecule has 0 bridgehead atoms. The summed E-state index contributed by atoms with van der Waals surface area (Å²) in [5, 5.41) is 14.1. The van der Waals surface area contributed by atoms with E-state index >= 15 is 13.6 Å². The Labute approximate surface area is 321 Å². The molecule has 0 radical (unpaired) electrons. The smallest absolute Gasteiger partial charge is 0.251 e. The monoisotopic (exact) mass is 762 g/mol. The molecular weight excluding hydrogens is 717 g/mol. The van der Waals surface area contributed by atoms with Gasteiger partial charge in [0.15, 0.2) is 0 Å². The first-order valence-electron chi connectivity index (χ1n) is 18.0. The van der Waals surface area contributed by atoms with Gasteiger partial charge in [-0.05, 0) is 66.6 Å². The van der Waals surface area contributed by atoms with Gasteiger partial charge in [0.05, 0.1) is 30.1 Å². The van der Waals surface area contributed by atoms with Crippen LogP contribution in [0, 0.1) is 40.7 Å². The predicted molar refractivity (Wildman–Crippen MR) is 205 cm³/mol. The number of nitrogens with zero attached hydrogens (tertiary/aromatic N) is 3. The molecule has 2 amide bonds. The minimum Gasteiger partial charge on any atom is -0.495 e. The topological polar surface area (TPSA) is 85.7 Å². The second-order valence-electron chi connectivity index (χ2n) is 15.1. The van der Waals surface area contributed by atoms with Gasteiger partial charge in [-0.3, -0.25) is 19.4 Å². The summed E-state index contributed by atoms with van der Waals surface area (Å²) in [6.07, 6.45) is 10.8. The Bertz CT molecular complexity index is 1940. The minimum absolute atomic E-state index is 0.0385. The maximum atomic E-state index is 16.5. The van der Waals surface area contributed by atoms with Gasteiger partial charge < -0.3 is 10.1 Å². The number of hydrogen-bond donors (Lipinski definition) is 1. The lowest BCUT2D eigenvalue weighted by Crippen LogP contribution is -2.52. The van der Waals surface area contributed by atoms with Gasteiger partial charge in [0.25, 0.3) is 5.91 Å². The summed E-state index contributed by atoms with van der Waals surface area (Å²) in [6, 6.07) is 14.2. The van der Waals surface area contributed by atoms with E-state index < -0.39 is 52.5 Å². The number of ether oxygens (including phenoxy) is 1. The highest BCUT2D eigenvalue weighted by molar-refractivity contribution is 6.31. The number of unbranched alkanes of at least 4 members (excludes halogenated alkanes) is 5. The number of carbonyl (C=O) groups is 2. The van der Waals surface area contributed by atoms with Crippen molar-refractivity contribution in [1.29, 1.82) is 5.26 Å². The first kappa shape index (κ1) is 40.0. The fraction of sp³-hybridized carbons (Fsp3) is 0.452. The van der Waals surface area contributed by atoms with Crippen LogP contribution in [-0.2, 0) is 10.2 Å². The van der Waals surface area contributed by atoms with E-state index in [0.29, 0.717) is 36.3 Å². The molecule has 2 aliphatic rings. The summed E-state index contributed by atoms with van der Waals surface area (Å²) in [5.74, 6) is -0.416. The van der Waals surface area contributed by atoms with E-state index in [9.17, 15) is 10.1 Å². The number of carbonyl (C=O) groups excluding carboxylic acids is 2. The Hall–Kier alpha value is -4.15. The first-order valence-corrected chi connectivity index (χ1v) is 18.8. The van der Waals surface area contributed by atoms with Crippen LogP contribution in [0.25, 0.3) is 0 Å². The van der Waals surface area contributed by atoms with Crippen molar-refractivity contribution in [2.45, 2.75) is 102 Å². The van der Waals surface area contributed by atoms with Crippen LogP contribution in [-0.4, -0.2) is 49.1 Å². The molecule has 0 aliphatic carbocycles. The maximum absolute atomic E-state index is 16.5. The third kappa shape index (κ3) is 7.63. The number of methoxy groups -OCH3 is 1. The van der Waals surface area contributed by atoms with E-state index in [4.69, 9.17) is 34.4 Å². The molecule has 53 heavy (non-hydrogen) atoms. The molecule has 2 saturated heterocycles. The highest BCUT2D eigenvalue weighted by Gasteiger charge is 2.70. The number of rotatable bonds is 13. The quantitative estimate of drug-likeness (QED) is 0.139. The lowest BCUT2D eigenvalue weighted by molar-refractivity contribution is -0.119. The summed E-state index contributed by atoms with van der Waals surface area (Å²) in [4.78, 5) is 31.7.